The van der Waals surface area contributed by atoms with Gasteiger partial charge in [-0.15, -0.1) is 0 Å². The fraction of sp³-hybridized carbons (Fsp3) is 0.429. The largest absolute Gasteiger partial charge is 0.338 e. The first kappa shape index (κ1) is 25.9. The summed E-state index contributed by atoms with van der Waals surface area (Å²) in [4.78, 5) is 11.8. The summed E-state index contributed by atoms with van der Waals surface area (Å²) in [6, 6.07) is 14.0. The van der Waals surface area contributed by atoms with Gasteiger partial charge in [-0.25, -0.2) is 13.4 Å². The second-order valence-corrected chi connectivity index (χ2v) is 13.1. The van der Waals surface area contributed by atoms with Crippen molar-refractivity contribution in [2.75, 3.05) is 23.7 Å². The zero-order chi connectivity index (χ0) is 26.0. The lowest BCUT2D eigenvalue weighted by molar-refractivity contribution is 0.222. The molecule has 7 nitrogen and oxygen atoms in total. The van der Waals surface area contributed by atoms with Crippen LogP contribution in [0.1, 0.15) is 50.7 Å². The summed E-state index contributed by atoms with van der Waals surface area (Å²) >= 11 is 6.39. The quantitative estimate of drug-likeness (QED) is 0.348. The van der Waals surface area contributed by atoms with Gasteiger partial charge in [-0.05, 0) is 101 Å². The van der Waals surface area contributed by atoms with Gasteiger partial charge in [0.15, 0.2) is 15.7 Å². The van der Waals surface area contributed by atoms with Gasteiger partial charge < -0.3 is 15.5 Å². The number of aryl methyl sites for hydroxylation is 2. The van der Waals surface area contributed by atoms with Crippen molar-refractivity contribution in [2.45, 2.75) is 68.6 Å². The summed E-state index contributed by atoms with van der Waals surface area (Å²) in [5, 5.41) is 6.17. The molecule has 9 heteroatoms. The Morgan fingerprint density at radius 3 is 2.49 bits per heavy atom. The molecule has 2 N–H and O–H groups in total. The average Bonchev–Trinajstić information content (AvgIpc) is 3.34. The number of hydrogen-bond donors (Lipinski definition) is 2. The summed E-state index contributed by atoms with van der Waals surface area (Å²) in [7, 11) is -3.49. The molecule has 1 aliphatic heterocycles. The number of anilines is 4. The van der Waals surface area contributed by atoms with E-state index in [0.717, 1.165) is 18.5 Å². The lowest BCUT2D eigenvalue weighted by Gasteiger charge is -2.25. The normalized spacial score (nSPS) is 18.4. The number of rotatable bonds is 7. The van der Waals surface area contributed by atoms with Crippen LogP contribution in [0, 0.1) is 0 Å². The van der Waals surface area contributed by atoms with Crippen LogP contribution < -0.4 is 10.6 Å². The molecule has 2 aliphatic rings. The third-order valence-corrected chi connectivity index (χ3v) is 9.91. The van der Waals surface area contributed by atoms with Gasteiger partial charge in [0.25, 0.3) is 0 Å². The summed E-state index contributed by atoms with van der Waals surface area (Å²) < 4.78 is 25.7. The fourth-order valence-corrected chi connectivity index (χ4v) is 6.62. The van der Waals surface area contributed by atoms with Gasteiger partial charge in [0.05, 0.1) is 22.0 Å². The number of sulfone groups is 1. The molecule has 1 fully saturated rings. The number of nitrogens with one attached hydrogen (secondary N) is 2. The van der Waals surface area contributed by atoms with Gasteiger partial charge >= 0.3 is 0 Å². The lowest BCUT2D eigenvalue weighted by Crippen LogP contribution is -2.32. The van der Waals surface area contributed by atoms with E-state index in [1.165, 1.54) is 56.1 Å². The van der Waals surface area contributed by atoms with E-state index in [1.807, 2.05) is 0 Å². The molecule has 196 valence electrons. The van der Waals surface area contributed by atoms with Crippen LogP contribution in [0.4, 0.5) is 23.1 Å². The van der Waals surface area contributed by atoms with Crippen molar-refractivity contribution in [1.82, 2.24) is 14.9 Å². The van der Waals surface area contributed by atoms with Gasteiger partial charge in [0.1, 0.15) is 5.02 Å². The molecule has 1 aliphatic carbocycles. The van der Waals surface area contributed by atoms with E-state index < -0.39 is 15.1 Å². The van der Waals surface area contributed by atoms with E-state index in [2.05, 4.69) is 43.7 Å². The van der Waals surface area contributed by atoms with Gasteiger partial charge in [-0.1, -0.05) is 29.8 Å². The minimum atomic E-state index is -3.49. The van der Waals surface area contributed by atoms with Crippen molar-refractivity contribution in [3.05, 3.63) is 64.8 Å². The highest BCUT2D eigenvalue weighted by Crippen LogP contribution is 2.32. The van der Waals surface area contributed by atoms with Crippen LogP contribution in [0.2, 0.25) is 5.02 Å². The number of aromatic nitrogens is 2. The molecule has 2 aromatic carbocycles. The van der Waals surface area contributed by atoms with Crippen molar-refractivity contribution >= 4 is 44.6 Å². The number of halogens is 1. The number of benzene rings is 2. The standard InChI is InChI=1S/C28H34ClN5O2S/c1-19(2)37(35,36)26-8-4-3-7-25(26)32-27-24(29)18-30-28(33-27)31-22-12-9-20-10-13-23(14-11-21(20)17-22)34-15-5-6-16-34/h3-4,7-9,12,17-19,23H,5-6,10-11,13-16H2,1-2H3,(H2,30,31,32,33). The van der Waals surface area contributed by atoms with Crippen LogP contribution in [0.3, 0.4) is 0 Å². The molecule has 1 saturated heterocycles. The first-order valence-electron chi connectivity index (χ1n) is 13.1. The number of nitrogens with zero attached hydrogens (tertiary/aromatic N) is 3. The maximum atomic E-state index is 12.9. The second-order valence-electron chi connectivity index (χ2n) is 10.2. The van der Waals surface area contributed by atoms with E-state index in [9.17, 15) is 8.42 Å². The number of para-hydroxylation sites is 1. The summed E-state index contributed by atoms with van der Waals surface area (Å²) in [5.74, 6) is 0.730. The van der Waals surface area contributed by atoms with Crippen LogP contribution in [0.5, 0.6) is 0 Å². The van der Waals surface area contributed by atoms with E-state index in [4.69, 9.17) is 11.6 Å². The molecule has 0 bridgehead atoms. The predicted octanol–water partition coefficient (Wildman–Crippen LogP) is 6.14. The minimum Gasteiger partial charge on any atom is -0.338 e. The molecule has 2 heterocycles. The van der Waals surface area contributed by atoms with Crippen LogP contribution in [0.25, 0.3) is 0 Å². The van der Waals surface area contributed by atoms with Crippen molar-refractivity contribution in [2.24, 2.45) is 0 Å². The van der Waals surface area contributed by atoms with E-state index in [-0.39, 0.29) is 4.90 Å². The van der Waals surface area contributed by atoms with Gasteiger partial charge in [-0.2, -0.15) is 4.98 Å². The third-order valence-electron chi connectivity index (χ3n) is 7.42. The van der Waals surface area contributed by atoms with E-state index in [1.54, 1.807) is 38.1 Å². The molecule has 5 rings (SSSR count). The Kier molecular flexibility index (Phi) is 7.70. The van der Waals surface area contributed by atoms with Gasteiger partial charge in [0, 0.05) is 11.7 Å². The summed E-state index contributed by atoms with van der Waals surface area (Å²) in [6.07, 6.45) is 8.78. The van der Waals surface area contributed by atoms with Gasteiger partial charge in [0.2, 0.25) is 5.95 Å². The molecule has 0 radical (unpaired) electrons. The van der Waals surface area contributed by atoms with Crippen LogP contribution in [-0.4, -0.2) is 47.7 Å². The van der Waals surface area contributed by atoms with Crippen molar-refractivity contribution in [3.8, 4) is 0 Å². The third kappa shape index (κ3) is 5.76. The molecule has 0 amide bonds. The summed E-state index contributed by atoms with van der Waals surface area (Å²) in [6.45, 7) is 5.82. The maximum Gasteiger partial charge on any atom is 0.229 e. The maximum absolute atomic E-state index is 12.9. The SMILES string of the molecule is CC(C)S(=O)(=O)c1ccccc1Nc1nc(Nc2ccc3c(c2)CCC(N2CCCC2)CC3)ncc1Cl. The van der Waals surface area contributed by atoms with Gasteiger partial charge in [-0.3, -0.25) is 0 Å². The summed E-state index contributed by atoms with van der Waals surface area (Å²) in [5.41, 5.74) is 4.16. The highest BCUT2D eigenvalue weighted by molar-refractivity contribution is 7.92. The Labute approximate surface area is 224 Å². The van der Waals surface area contributed by atoms with Crippen LogP contribution in [-0.2, 0) is 22.7 Å². The molecule has 1 unspecified atom stereocenters. The monoisotopic (exact) mass is 539 g/mol. The van der Waals surface area contributed by atoms with E-state index in [0.29, 0.717) is 28.5 Å². The Balaban J connectivity index is 1.33. The predicted molar refractivity (Wildman–Crippen MR) is 150 cm³/mol. The molecular weight excluding hydrogens is 506 g/mol. The number of likely N-dealkylation sites (tertiary alicyclic amines) is 1. The first-order chi connectivity index (χ1) is 17.8. The average molecular weight is 540 g/mol. The van der Waals surface area contributed by atoms with Crippen molar-refractivity contribution < 1.29 is 8.42 Å². The topological polar surface area (TPSA) is 87.2 Å². The Morgan fingerprint density at radius 1 is 1.00 bits per heavy atom. The molecule has 37 heavy (non-hydrogen) atoms. The molecule has 3 aromatic rings. The Morgan fingerprint density at radius 2 is 1.73 bits per heavy atom. The fourth-order valence-electron chi connectivity index (χ4n) is 5.28. The zero-order valence-corrected chi connectivity index (χ0v) is 22.9. The number of fused-ring (bicyclic) bond motifs is 1. The molecule has 0 saturated carbocycles. The highest BCUT2D eigenvalue weighted by atomic mass is 35.5. The zero-order valence-electron chi connectivity index (χ0n) is 21.4. The van der Waals surface area contributed by atoms with Crippen molar-refractivity contribution in [3.63, 3.8) is 0 Å². The van der Waals surface area contributed by atoms with Crippen LogP contribution >= 0.6 is 11.6 Å². The highest BCUT2D eigenvalue weighted by Gasteiger charge is 2.25. The second kappa shape index (κ2) is 11.0. The van der Waals surface area contributed by atoms with Crippen LogP contribution in [0.15, 0.2) is 53.6 Å². The first-order valence-corrected chi connectivity index (χ1v) is 15.0. The Bertz CT molecular complexity index is 1370. The van der Waals surface area contributed by atoms with E-state index >= 15 is 0 Å². The molecule has 0 spiro atoms. The Hall–Kier alpha value is -2.68. The lowest BCUT2D eigenvalue weighted by atomic mass is 10.0. The molecule has 1 atom stereocenters. The molecule has 1 aromatic heterocycles. The van der Waals surface area contributed by atoms with Crippen molar-refractivity contribution in [1.29, 1.82) is 0 Å². The smallest absolute Gasteiger partial charge is 0.229 e. The number of hydrogen-bond acceptors (Lipinski definition) is 7. The minimum absolute atomic E-state index is 0.215. The molecular formula is C28H34ClN5O2S.